The fourth-order valence-electron chi connectivity index (χ4n) is 1.73. The van der Waals surface area contributed by atoms with Gasteiger partial charge in [0.05, 0.1) is 18.7 Å². The third kappa shape index (κ3) is 2.92. The lowest BCUT2D eigenvalue weighted by Crippen LogP contribution is -2.36. The van der Waals surface area contributed by atoms with E-state index in [1.54, 1.807) is 32.4 Å². The van der Waals surface area contributed by atoms with Crippen LogP contribution in [0.5, 0.6) is 5.75 Å². The molecule has 0 aliphatic rings. The average Bonchev–Trinajstić information content (AvgIpc) is 2.29. The third-order valence-corrected chi connectivity index (χ3v) is 3.28. The van der Waals surface area contributed by atoms with E-state index in [1.165, 1.54) is 0 Å². The molecule has 4 heteroatoms. The van der Waals surface area contributed by atoms with Crippen molar-refractivity contribution in [1.82, 2.24) is 0 Å². The lowest BCUT2D eigenvalue weighted by Gasteiger charge is -2.32. The molecule has 96 valence electrons. The molecular weight excluding hydrogens is 240 g/mol. The van der Waals surface area contributed by atoms with Crippen LogP contribution in [0.1, 0.15) is 19.4 Å². The van der Waals surface area contributed by atoms with Gasteiger partial charge in [-0.15, -0.1) is 0 Å². The molecule has 0 aromatic heterocycles. The van der Waals surface area contributed by atoms with E-state index in [9.17, 15) is 5.11 Å². The number of ether oxygens (including phenoxy) is 2. The van der Waals surface area contributed by atoms with Gasteiger partial charge in [0.25, 0.3) is 0 Å². The number of hydrogen-bond acceptors (Lipinski definition) is 3. The second-order valence-corrected chi connectivity index (χ2v) is 4.77. The van der Waals surface area contributed by atoms with Crippen LogP contribution >= 0.6 is 11.6 Å². The van der Waals surface area contributed by atoms with Crippen LogP contribution in [0.2, 0.25) is 5.02 Å². The molecule has 0 saturated carbocycles. The van der Waals surface area contributed by atoms with Crippen LogP contribution in [-0.2, 0) is 10.3 Å². The molecule has 0 radical (unpaired) electrons. The summed E-state index contributed by atoms with van der Waals surface area (Å²) in [6.45, 7) is 4.12. The Morgan fingerprint density at radius 1 is 1.35 bits per heavy atom. The van der Waals surface area contributed by atoms with Gasteiger partial charge in [-0.1, -0.05) is 31.5 Å². The van der Waals surface area contributed by atoms with Crippen LogP contribution in [-0.4, -0.2) is 25.9 Å². The van der Waals surface area contributed by atoms with Crippen molar-refractivity contribution in [2.45, 2.75) is 19.4 Å². The van der Waals surface area contributed by atoms with Crippen LogP contribution < -0.4 is 4.74 Å². The van der Waals surface area contributed by atoms with Gasteiger partial charge < -0.3 is 14.6 Å². The zero-order valence-electron chi connectivity index (χ0n) is 10.7. The topological polar surface area (TPSA) is 38.7 Å². The van der Waals surface area contributed by atoms with Crippen LogP contribution in [0.4, 0.5) is 0 Å². The lowest BCUT2D eigenvalue weighted by atomic mass is 9.84. The van der Waals surface area contributed by atoms with Crippen molar-refractivity contribution in [1.29, 1.82) is 0 Å². The highest BCUT2D eigenvalue weighted by Crippen LogP contribution is 2.34. The zero-order chi connectivity index (χ0) is 13.1. The van der Waals surface area contributed by atoms with Crippen molar-refractivity contribution < 1.29 is 14.6 Å². The molecule has 1 rings (SSSR count). The summed E-state index contributed by atoms with van der Waals surface area (Å²) in [5.74, 6) is 0.577. The molecule has 3 nitrogen and oxygen atoms in total. The van der Waals surface area contributed by atoms with Crippen molar-refractivity contribution in [2.24, 2.45) is 5.92 Å². The number of benzene rings is 1. The average molecular weight is 259 g/mol. The van der Waals surface area contributed by atoms with Gasteiger partial charge in [-0.3, -0.25) is 0 Å². The van der Waals surface area contributed by atoms with E-state index in [0.717, 1.165) is 5.56 Å². The summed E-state index contributed by atoms with van der Waals surface area (Å²) < 4.78 is 10.3. The molecule has 0 fully saturated rings. The highest BCUT2D eigenvalue weighted by atomic mass is 35.5. The minimum Gasteiger partial charge on any atom is -0.495 e. The van der Waals surface area contributed by atoms with Gasteiger partial charge in [-0.05, 0) is 23.6 Å². The molecule has 1 atom stereocenters. The van der Waals surface area contributed by atoms with E-state index in [-0.39, 0.29) is 12.5 Å². The molecule has 1 aromatic rings. The Balaban J connectivity index is 3.19. The van der Waals surface area contributed by atoms with Gasteiger partial charge in [0, 0.05) is 7.11 Å². The monoisotopic (exact) mass is 258 g/mol. The van der Waals surface area contributed by atoms with Gasteiger partial charge in [0.1, 0.15) is 11.4 Å². The van der Waals surface area contributed by atoms with Crippen LogP contribution in [0, 0.1) is 5.92 Å². The molecule has 0 heterocycles. The Morgan fingerprint density at radius 3 is 2.47 bits per heavy atom. The fraction of sp³-hybridized carbons (Fsp3) is 0.538. The first-order valence-corrected chi connectivity index (χ1v) is 5.88. The molecule has 17 heavy (non-hydrogen) atoms. The van der Waals surface area contributed by atoms with E-state index < -0.39 is 5.60 Å². The minimum atomic E-state index is -1.04. The first-order valence-electron chi connectivity index (χ1n) is 5.51. The normalized spacial score (nSPS) is 14.8. The first kappa shape index (κ1) is 14.3. The number of hydrogen-bond donors (Lipinski definition) is 1. The van der Waals surface area contributed by atoms with Crippen LogP contribution in [0.25, 0.3) is 0 Å². The highest BCUT2D eigenvalue weighted by molar-refractivity contribution is 6.32. The van der Waals surface area contributed by atoms with Crippen molar-refractivity contribution in [3.8, 4) is 5.75 Å². The van der Waals surface area contributed by atoms with E-state index in [2.05, 4.69) is 0 Å². The molecule has 0 spiro atoms. The van der Waals surface area contributed by atoms with E-state index in [1.807, 2.05) is 13.8 Å². The lowest BCUT2D eigenvalue weighted by molar-refractivity contribution is -0.0701. The van der Waals surface area contributed by atoms with Gasteiger partial charge in [0.15, 0.2) is 0 Å². The molecule has 0 bridgehead atoms. The summed E-state index contributed by atoms with van der Waals surface area (Å²) in [4.78, 5) is 0. The summed E-state index contributed by atoms with van der Waals surface area (Å²) >= 11 is 5.97. The molecule has 1 unspecified atom stereocenters. The van der Waals surface area contributed by atoms with Crippen LogP contribution in [0.3, 0.4) is 0 Å². The van der Waals surface area contributed by atoms with Gasteiger partial charge >= 0.3 is 0 Å². The minimum absolute atomic E-state index is 0.0216. The number of aliphatic hydroxyl groups is 1. The molecular formula is C13H19ClO3. The number of rotatable bonds is 5. The molecule has 1 N–H and O–H groups in total. The number of methoxy groups -OCH3 is 2. The quantitative estimate of drug-likeness (QED) is 0.883. The summed E-state index contributed by atoms with van der Waals surface area (Å²) in [7, 11) is 3.12. The largest absolute Gasteiger partial charge is 0.495 e. The third-order valence-electron chi connectivity index (χ3n) is 2.97. The molecule has 1 aromatic carbocycles. The van der Waals surface area contributed by atoms with Gasteiger partial charge in [-0.2, -0.15) is 0 Å². The first-order chi connectivity index (χ1) is 7.95. The van der Waals surface area contributed by atoms with Crippen molar-refractivity contribution in [3.63, 3.8) is 0 Å². The van der Waals surface area contributed by atoms with Gasteiger partial charge in [-0.25, -0.2) is 0 Å². The Kier molecular flexibility index (Phi) is 4.80. The smallest absolute Gasteiger partial charge is 0.137 e. The standard InChI is InChI=1S/C13H19ClO3/c1-9(2)13(15,8-16-3)10-5-6-11(14)12(7-10)17-4/h5-7,9,15H,8H2,1-4H3. The van der Waals surface area contributed by atoms with E-state index in [0.29, 0.717) is 10.8 Å². The summed E-state index contributed by atoms with van der Waals surface area (Å²) in [5, 5.41) is 11.2. The summed E-state index contributed by atoms with van der Waals surface area (Å²) in [6.07, 6.45) is 0. The Labute approximate surface area is 107 Å². The maximum Gasteiger partial charge on any atom is 0.137 e. The SMILES string of the molecule is COCC(O)(c1ccc(Cl)c(OC)c1)C(C)C. The predicted molar refractivity (Wildman–Crippen MR) is 68.6 cm³/mol. The second kappa shape index (κ2) is 5.71. The molecule has 0 saturated heterocycles. The van der Waals surface area contributed by atoms with Crippen molar-refractivity contribution in [2.75, 3.05) is 20.8 Å². The second-order valence-electron chi connectivity index (χ2n) is 4.36. The highest BCUT2D eigenvalue weighted by Gasteiger charge is 2.33. The fourth-order valence-corrected chi connectivity index (χ4v) is 1.93. The molecule has 0 amide bonds. The molecule has 0 aliphatic heterocycles. The van der Waals surface area contributed by atoms with Gasteiger partial charge in [0.2, 0.25) is 0 Å². The van der Waals surface area contributed by atoms with E-state index >= 15 is 0 Å². The van der Waals surface area contributed by atoms with Crippen molar-refractivity contribution >= 4 is 11.6 Å². The summed E-state index contributed by atoms with van der Waals surface area (Å²) in [6, 6.07) is 5.27. The Bertz CT molecular complexity index is 379. The summed E-state index contributed by atoms with van der Waals surface area (Å²) in [5.41, 5.74) is -0.289. The van der Waals surface area contributed by atoms with Crippen molar-refractivity contribution in [3.05, 3.63) is 28.8 Å². The Hall–Kier alpha value is -0.770. The molecule has 0 aliphatic carbocycles. The predicted octanol–water partition coefficient (Wildman–Crippen LogP) is 2.84. The zero-order valence-corrected chi connectivity index (χ0v) is 11.4. The maximum absolute atomic E-state index is 10.6. The van der Waals surface area contributed by atoms with E-state index in [4.69, 9.17) is 21.1 Å². The number of halogens is 1. The van der Waals surface area contributed by atoms with Crippen LogP contribution in [0.15, 0.2) is 18.2 Å². The Morgan fingerprint density at radius 2 is 2.00 bits per heavy atom. The maximum atomic E-state index is 10.6.